The van der Waals surface area contributed by atoms with Gasteiger partial charge < -0.3 is 10.5 Å². The van der Waals surface area contributed by atoms with Crippen LogP contribution < -0.4 is 5.73 Å². The van der Waals surface area contributed by atoms with E-state index in [9.17, 15) is 4.79 Å². The lowest BCUT2D eigenvalue weighted by Gasteiger charge is -2.12. The zero-order chi connectivity index (χ0) is 11.1. The van der Waals surface area contributed by atoms with Crippen LogP contribution in [0.3, 0.4) is 0 Å². The van der Waals surface area contributed by atoms with Gasteiger partial charge in [-0.25, -0.2) is 4.79 Å². The second-order valence-corrected chi connectivity index (χ2v) is 3.58. The van der Waals surface area contributed by atoms with Gasteiger partial charge in [0.1, 0.15) is 6.10 Å². The topological polar surface area (TPSA) is 52.3 Å². The Bertz CT molecular complexity index is 255. The van der Waals surface area contributed by atoms with Gasteiger partial charge in [0.05, 0.1) is 0 Å². The Kier molecular flexibility index (Phi) is 6.04. The second-order valence-electron chi connectivity index (χ2n) is 3.01. The van der Waals surface area contributed by atoms with Gasteiger partial charge in [0.2, 0.25) is 0 Å². The number of carbonyl (C=O) groups is 1. The summed E-state index contributed by atoms with van der Waals surface area (Å²) in [4.78, 5) is 10.5. The number of ether oxygens (including phenoxy) is 1. The molecule has 1 atom stereocenters. The molecule has 2 N–H and O–H groups in total. The van der Waals surface area contributed by atoms with Crippen molar-refractivity contribution in [3.8, 4) is 0 Å². The number of rotatable bonds is 4. The average molecular weight is 218 g/mol. The third kappa shape index (κ3) is 5.65. The molecule has 0 radical (unpaired) electrons. The maximum atomic E-state index is 10.5. The molecule has 0 aliphatic carbocycles. The number of nitrogens with two attached hydrogens (primary N) is 1. The van der Waals surface area contributed by atoms with E-state index < -0.39 is 6.09 Å². The zero-order valence-corrected chi connectivity index (χ0v) is 9.47. The van der Waals surface area contributed by atoms with Crippen LogP contribution in [0, 0.1) is 0 Å². The van der Waals surface area contributed by atoms with Crippen LogP contribution in [0.1, 0.15) is 27.2 Å². The number of primary amides is 1. The molecule has 0 aliphatic heterocycles. The second kappa shape index (κ2) is 6.49. The molecular weight excluding hydrogens is 202 g/mol. The van der Waals surface area contributed by atoms with Gasteiger partial charge >= 0.3 is 6.09 Å². The Balaban J connectivity index is 4.32. The fraction of sp³-hybridized carbons (Fsp3) is 0.500. The Morgan fingerprint density at radius 1 is 1.64 bits per heavy atom. The fourth-order valence-corrected chi connectivity index (χ4v) is 1.21. The number of amides is 1. The van der Waals surface area contributed by atoms with Gasteiger partial charge in [-0.15, -0.1) is 0 Å². The Hall–Kier alpha value is -0.960. The molecule has 0 heterocycles. The highest BCUT2D eigenvalue weighted by atomic mass is 35.5. The lowest BCUT2D eigenvalue weighted by molar-refractivity contribution is 0.116. The van der Waals surface area contributed by atoms with Crippen molar-refractivity contribution in [1.82, 2.24) is 0 Å². The summed E-state index contributed by atoms with van der Waals surface area (Å²) in [5.74, 6) is 0. The summed E-state index contributed by atoms with van der Waals surface area (Å²) in [5.41, 5.74) is 5.84. The van der Waals surface area contributed by atoms with Crippen LogP contribution in [0.4, 0.5) is 4.79 Å². The lowest BCUT2D eigenvalue weighted by atomic mass is 10.1. The summed E-state index contributed by atoms with van der Waals surface area (Å²) < 4.78 is 4.79. The van der Waals surface area contributed by atoms with Crippen molar-refractivity contribution in [2.45, 2.75) is 33.3 Å². The number of hydrogen-bond acceptors (Lipinski definition) is 2. The van der Waals surface area contributed by atoms with Gasteiger partial charge in [-0.1, -0.05) is 23.8 Å². The summed E-state index contributed by atoms with van der Waals surface area (Å²) in [6, 6.07) is 0. The summed E-state index contributed by atoms with van der Waals surface area (Å²) in [7, 11) is 0. The van der Waals surface area contributed by atoms with Gasteiger partial charge in [-0.3, -0.25) is 0 Å². The molecule has 0 fully saturated rings. The van der Waals surface area contributed by atoms with Crippen molar-refractivity contribution >= 4 is 17.7 Å². The van der Waals surface area contributed by atoms with E-state index in [0.29, 0.717) is 11.5 Å². The largest absolute Gasteiger partial charge is 0.446 e. The summed E-state index contributed by atoms with van der Waals surface area (Å²) in [5, 5.41) is 0.697. The average Bonchev–Trinajstić information content (AvgIpc) is 2.01. The number of hydrogen-bond donors (Lipinski definition) is 1. The monoisotopic (exact) mass is 217 g/mol. The third-order valence-corrected chi connectivity index (χ3v) is 1.88. The van der Waals surface area contributed by atoms with E-state index in [-0.39, 0.29) is 6.10 Å². The first kappa shape index (κ1) is 13.0. The minimum atomic E-state index is -0.760. The Morgan fingerprint density at radius 2 is 2.21 bits per heavy atom. The molecule has 0 aromatic heterocycles. The summed E-state index contributed by atoms with van der Waals surface area (Å²) >= 11 is 5.86. The molecule has 0 spiro atoms. The molecule has 14 heavy (non-hydrogen) atoms. The van der Waals surface area contributed by atoms with E-state index in [0.717, 1.165) is 5.57 Å². The van der Waals surface area contributed by atoms with Crippen molar-refractivity contribution in [1.29, 1.82) is 0 Å². The molecule has 0 saturated heterocycles. The molecule has 0 aliphatic rings. The number of halogens is 1. The first-order valence-corrected chi connectivity index (χ1v) is 4.79. The number of allylic oxidation sites excluding steroid dienone is 3. The van der Waals surface area contributed by atoms with Crippen LogP contribution in [0.2, 0.25) is 0 Å². The van der Waals surface area contributed by atoms with Crippen molar-refractivity contribution in [3.05, 3.63) is 22.8 Å². The van der Waals surface area contributed by atoms with Crippen LogP contribution in [-0.2, 0) is 4.74 Å². The van der Waals surface area contributed by atoms with Crippen LogP contribution in [0.5, 0.6) is 0 Å². The summed E-state index contributed by atoms with van der Waals surface area (Å²) in [6.07, 6.45) is 3.33. The normalized spacial score (nSPS) is 15.1. The molecule has 0 aromatic carbocycles. The van der Waals surface area contributed by atoms with E-state index in [4.69, 9.17) is 22.1 Å². The Morgan fingerprint density at radius 3 is 2.57 bits per heavy atom. The SMILES string of the molecule is CC=CC(CC(C)OC(N)=O)=C(C)Cl. The minimum absolute atomic E-state index is 0.257. The van der Waals surface area contributed by atoms with Crippen LogP contribution in [0.15, 0.2) is 22.8 Å². The van der Waals surface area contributed by atoms with Crippen molar-refractivity contribution in [2.24, 2.45) is 5.73 Å². The minimum Gasteiger partial charge on any atom is -0.446 e. The highest BCUT2D eigenvalue weighted by Crippen LogP contribution is 2.17. The van der Waals surface area contributed by atoms with Crippen LogP contribution in [0.25, 0.3) is 0 Å². The highest BCUT2D eigenvalue weighted by Gasteiger charge is 2.08. The van der Waals surface area contributed by atoms with E-state index >= 15 is 0 Å². The van der Waals surface area contributed by atoms with E-state index in [1.807, 2.05) is 19.1 Å². The Labute approximate surface area is 89.6 Å². The number of carbonyl (C=O) groups excluding carboxylic acids is 1. The third-order valence-electron chi connectivity index (χ3n) is 1.64. The molecule has 0 aromatic rings. The quantitative estimate of drug-likeness (QED) is 0.737. The molecule has 4 heteroatoms. The molecule has 0 saturated carbocycles. The molecule has 3 nitrogen and oxygen atoms in total. The molecular formula is C10H16ClNO2. The van der Waals surface area contributed by atoms with Crippen LogP contribution >= 0.6 is 11.6 Å². The van der Waals surface area contributed by atoms with Crippen molar-refractivity contribution in [3.63, 3.8) is 0 Å². The standard InChI is InChI=1S/C10H16ClNO2/c1-4-5-9(8(3)11)6-7(2)14-10(12)13/h4-5,7H,6H2,1-3H3,(H2,12,13). The van der Waals surface area contributed by atoms with E-state index in [1.54, 1.807) is 13.8 Å². The van der Waals surface area contributed by atoms with Gasteiger partial charge in [0, 0.05) is 11.5 Å². The van der Waals surface area contributed by atoms with Gasteiger partial charge in [0.15, 0.2) is 0 Å². The highest BCUT2D eigenvalue weighted by molar-refractivity contribution is 6.29. The first-order chi connectivity index (χ1) is 6.47. The van der Waals surface area contributed by atoms with Crippen LogP contribution in [-0.4, -0.2) is 12.2 Å². The lowest BCUT2D eigenvalue weighted by Crippen LogP contribution is -2.20. The first-order valence-electron chi connectivity index (χ1n) is 4.41. The maximum absolute atomic E-state index is 10.5. The predicted octanol–water partition coefficient (Wildman–Crippen LogP) is 2.95. The molecule has 1 amide bonds. The van der Waals surface area contributed by atoms with Gasteiger partial charge in [-0.05, 0) is 26.3 Å². The van der Waals surface area contributed by atoms with E-state index in [1.165, 1.54) is 0 Å². The summed E-state index contributed by atoms with van der Waals surface area (Å²) in [6.45, 7) is 5.47. The maximum Gasteiger partial charge on any atom is 0.404 e. The molecule has 0 rings (SSSR count). The predicted molar refractivity (Wildman–Crippen MR) is 58.1 cm³/mol. The molecule has 1 unspecified atom stereocenters. The smallest absolute Gasteiger partial charge is 0.404 e. The molecule has 0 bridgehead atoms. The van der Waals surface area contributed by atoms with Gasteiger partial charge in [-0.2, -0.15) is 0 Å². The van der Waals surface area contributed by atoms with Gasteiger partial charge in [0.25, 0.3) is 0 Å². The van der Waals surface area contributed by atoms with Crippen molar-refractivity contribution in [2.75, 3.05) is 0 Å². The van der Waals surface area contributed by atoms with E-state index in [2.05, 4.69) is 0 Å². The zero-order valence-electron chi connectivity index (χ0n) is 8.71. The molecule has 80 valence electrons. The van der Waals surface area contributed by atoms with Crippen molar-refractivity contribution < 1.29 is 9.53 Å². The fourth-order valence-electron chi connectivity index (χ4n) is 1.07.